The van der Waals surface area contributed by atoms with Gasteiger partial charge in [0, 0.05) is 19.3 Å². The third-order valence-electron chi connectivity index (χ3n) is 11.5. The third-order valence-corrected chi connectivity index (χ3v) is 11.5. The molecule has 0 amide bonds. The molecule has 0 spiro atoms. The maximum Gasteiger partial charge on any atom is 0.306 e. The van der Waals surface area contributed by atoms with Crippen molar-refractivity contribution >= 4 is 17.9 Å². The van der Waals surface area contributed by atoms with Crippen LogP contribution in [0.15, 0.2) is 72.9 Å². The average molecular weight is 893 g/mol. The topological polar surface area (TPSA) is 78.9 Å². The fraction of sp³-hybridized carbons (Fsp3) is 0.741. The van der Waals surface area contributed by atoms with Gasteiger partial charge in [0.25, 0.3) is 0 Å². The zero-order valence-corrected chi connectivity index (χ0v) is 42.0. The first-order chi connectivity index (χ1) is 31.5. The van der Waals surface area contributed by atoms with Crippen molar-refractivity contribution in [1.82, 2.24) is 0 Å². The van der Waals surface area contributed by atoms with Gasteiger partial charge in [0.2, 0.25) is 0 Å². The Morgan fingerprint density at radius 1 is 0.328 bits per heavy atom. The number of carbonyl (C=O) groups is 3. The third kappa shape index (κ3) is 49.9. The lowest BCUT2D eigenvalue weighted by Gasteiger charge is -2.18. The second-order valence-electron chi connectivity index (χ2n) is 17.8. The molecule has 0 saturated carbocycles. The van der Waals surface area contributed by atoms with E-state index in [1.807, 2.05) is 12.2 Å². The van der Waals surface area contributed by atoms with E-state index in [0.717, 1.165) is 70.6 Å². The van der Waals surface area contributed by atoms with E-state index >= 15 is 0 Å². The summed E-state index contributed by atoms with van der Waals surface area (Å²) in [6, 6.07) is 0. The predicted octanol–water partition coefficient (Wildman–Crippen LogP) is 17.8. The minimum atomic E-state index is -0.814. The number of rotatable bonds is 48. The first kappa shape index (κ1) is 60.9. The summed E-state index contributed by atoms with van der Waals surface area (Å²) in [4.78, 5) is 38.0. The SMILES string of the molecule is CC/C=C\C/C=C\C/C=C\C/C=C\C/C=C\CCC(=O)OC(COC(=O)CCCCCCCCC/C=C\CCCCCCCCCC)COC(=O)CCCCCCCCCCCCC. The number of ether oxygens (including phenoxy) is 3. The van der Waals surface area contributed by atoms with Crippen LogP contribution in [0.4, 0.5) is 0 Å². The molecule has 0 aromatic rings. The molecule has 0 aliphatic carbocycles. The van der Waals surface area contributed by atoms with Gasteiger partial charge in [0.05, 0.1) is 0 Å². The average Bonchev–Trinajstić information content (AvgIpc) is 3.29. The lowest BCUT2D eigenvalue weighted by Crippen LogP contribution is -2.30. The number of unbranched alkanes of at least 4 members (excludes halogenated alkanes) is 25. The first-order valence-corrected chi connectivity index (χ1v) is 26.9. The molecule has 368 valence electrons. The highest BCUT2D eigenvalue weighted by Crippen LogP contribution is 2.15. The van der Waals surface area contributed by atoms with Gasteiger partial charge in [0.15, 0.2) is 6.10 Å². The van der Waals surface area contributed by atoms with Crippen LogP contribution in [0.1, 0.15) is 258 Å². The maximum absolute atomic E-state index is 12.8. The molecule has 0 heterocycles. The Hall–Kier alpha value is -3.15. The van der Waals surface area contributed by atoms with E-state index in [-0.39, 0.29) is 31.6 Å². The van der Waals surface area contributed by atoms with Gasteiger partial charge in [-0.15, -0.1) is 0 Å². The molecule has 64 heavy (non-hydrogen) atoms. The van der Waals surface area contributed by atoms with Crippen molar-refractivity contribution in [1.29, 1.82) is 0 Å². The summed E-state index contributed by atoms with van der Waals surface area (Å²) in [6.07, 6.45) is 66.2. The van der Waals surface area contributed by atoms with Gasteiger partial charge < -0.3 is 14.2 Å². The summed E-state index contributed by atoms with van der Waals surface area (Å²) in [7, 11) is 0. The van der Waals surface area contributed by atoms with Gasteiger partial charge in [-0.05, 0) is 77.0 Å². The van der Waals surface area contributed by atoms with Gasteiger partial charge in [-0.1, -0.05) is 235 Å². The Labute approximate surface area is 395 Å². The smallest absolute Gasteiger partial charge is 0.306 e. The van der Waals surface area contributed by atoms with Gasteiger partial charge in [0.1, 0.15) is 13.2 Å². The molecule has 6 nitrogen and oxygen atoms in total. The zero-order chi connectivity index (χ0) is 46.5. The Bertz CT molecular complexity index is 1210. The van der Waals surface area contributed by atoms with Crippen LogP contribution < -0.4 is 0 Å². The second kappa shape index (κ2) is 52.5. The van der Waals surface area contributed by atoms with Crippen molar-refractivity contribution in [3.63, 3.8) is 0 Å². The zero-order valence-electron chi connectivity index (χ0n) is 42.0. The highest BCUT2D eigenvalue weighted by Gasteiger charge is 2.19. The van der Waals surface area contributed by atoms with Crippen LogP contribution in [-0.2, 0) is 28.6 Å². The summed E-state index contributed by atoms with van der Waals surface area (Å²) < 4.78 is 16.7. The van der Waals surface area contributed by atoms with E-state index in [1.165, 1.54) is 141 Å². The van der Waals surface area contributed by atoms with Crippen LogP contribution in [0.25, 0.3) is 0 Å². The van der Waals surface area contributed by atoms with Crippen LogP contribution in [0.2, 0.25) is 0 Å². The van der Waals surface area contributed by atoms with Crippen molar-refractivity contribution in [3.8, 4) is 0 Å². The number of hydrogen-bond donors (Lipinski definition) is 0. The molecular formula is C58H100O6. The van der Waals surface area contributed by atoms with Crippen molar-refractivity contribution in [2.24, 2.45) is 0 Å². The molecule has 0 rings (SSSR count). The van der Waals surface area contributed by atoms with Gasteiger partial charge in [-0.25, -0.2) is 0 Å². The highest BCUT2D eigenvalue weighted by molar-refractivity contribution is 5.71. The van der Waals surface area contributed by atoms with Crippen LogP contribution in [0, 0.1) is 0 Å². The molecule has 0 radical (unpaired) electrons. The molecule has 0 aromatic carbocycles. The summed E-state index contributed by atoms with van der Waals surface area (Å²) >= 11 is 0. The second-order valence-corrected chi connectivity index (χ2v) is 17.8. The van der Waals surface area contributed by atoms with Crippen LogP contribution in [0.3, 0.4) is 0 Å². The summed E-state index contributed by atoms with van der Waals surface area (Å²) in [5, 5.41) is 0. The fourth-order valence-electron chi connectivity index (χ4n) is 7.43. The van der Waals surface area contributed by atoms with Gasteiger partial charge in [-0.2, -0.15) is 0 Å². The lowest BCUT2D eigenvalue weighted by atomic mass is 10.1. The van der Waals surface area contributed by atoms with E-state index in [1.54, 1.807) is 0 Å². The van der Waals surface area contributed by atoms with E-state index in [4.69, 9.17) is 14.2 Å². The number of esters is 3. The molecule has 0 aromatic heterocycles. The van der Waals surface area contributed by atoms with E-state index in [9.17, 15) is 14.4 Å². The molecule has 1 atom stereocenters. The number of hydrogen-bond acceptors (Lipinski definition) is 6. The van der Waals surface area contributed by atoms with Crippen molar-refractivity contribution in [3.05, 3.63) is 72.9 Å². The van der Waals surface area contributed by atoms with E-state index in [2.05, 4.69) is 81.5 Å². The quantitative estimate of drug-likeness (QED) is 0.0262. The minimum Gasteiger partial charge on any atom is -0.462 e. The molecular weight excluding hydrogens is 793 g/mol. The van der Waals surface area contributed by atoms with Crippen LogP contribution in [0.5, 0.6) is 0 Å². The Morgan fingerprint density at radius 2 is 0.641 bits per heavy atom. The van der Waals surface area contributed by atoms with Crippen molar-refractivity contribution in [2.45, 2.75) is 264 Å². The molecule has 0 bridgehead atoms. The largest absolute Gasteiger partial charge is 0.462 e. The highest BCUT2D eigenvalue weighted by atomic mass is 16.6. The first-order valence-electron chi connectivity index (χ1n) is 26.9. The molecule has 0 saturated heterocycles. The monoisotopic (exact) mass is 893 g/mol. The van der Waals surface area contributed by atoms with Gasteiger partial charge >= 0.3 is 17.9 Å². The van der Waals surface area contributed by atoms with E-state index in [0.29, 0.717) is 19.3 Å². The van der Waals surface area contributed by atoms with Crippen LogP contribution in [-0.4, -0.2) is 37.2 Å². The van der Waals surface area contributed by atoms with Crippen molar-refractivity contribution in [2.75, 3.05) is 13.2 Å². The maximum atomic E-state index is 12.8. The standard InChI is InChI=1S/C58H100O6/c1-4-7-10-13-16-19-22-24-26-28-29-30-32-33-36-39-42-45-48-51-57(60)63-54-55(53-62-56(59)50-47-44-41-38-35-21-18-15-12-9-6-3)64-58(61)52-49-46-43-40-37-34-31-27-25-23-20-17-14-11-8-5-2/h8,11,17,20,25,27-29,34,37,43,46,55H,4-7,9-10,12-16,18-19,21-24,26,30-33,35-36,38-42,44-45,47-54H2,1-3H3/b11-8-,20-17-,27-25-,29-28-,37-34-,46-43-. The normalized spacial score (nSPS) is 12.6. The van der Waals surface area contributed by atoms with Crippen molar-refractivity contribution < 1.29 is 28.6 Å². The van der Waals surface area contributed by atoms with E-state index < -0.39 is 12.1 Å². The molecule has 0 fully saturated rings. The number of carbonyl (C=O) groups excluding carboxylic acids is 3. The Morgan fingerprint density at radius 3 is 1.02 bits per heavy atom. The summed E-state index contributed by atoms with van der Waals surface area (Å²) in [5.41, 5.74) is 0. The fourth-order valence-corrected chi connectivity index (χ4v) is 7.43. The molecule has 6 heteroatoms. The van der Waals surface area contributed by atoms with Crippen LogP contribution >= 0.6 is 0 Å². The molecule has 1 unspecified atom stereocenters. The predicted molar refractivity (Wildman–Crippen MR) is 274 cm³/mol. The van der Waals surface area contributed by atoms with Gasteiger partial charge in [-0.3, -0.25) is 14.4 Å². The molecule has 0 aliphatic heterocycles. The summed E-state index contributed by atoms with van der Waals surface area (Å²) in [6.45, 7) is 6.46. The summed E-state index contributed by atoms with van der Waals surface area (Å²) in [5.74, 6) is -0.989. The molecule has 0 N–H and O–H groups in total. The number of allylic oxidation sites excluding steroid dienone is 12. The molecule has 0 aliphatic rings. The lowest BCUT2D eigenvalue weighted by molar-refractivity contribution is -0.166. The Balaban J connectivity index is 4.43. The minimum absolute atomic E-state index is 0.105. The Kier molecular flexibility index (Phi) is 49.9.